The van der Waals surface area contributed by atoms with Gasteiger partial charge in [0.1, 0.15) is 5.82 Å². The first-order valence-corrected chi connectivity index (χ1v) is 8.03. The van der Waals surface area contributed by atoms with Gasteiger partial charge in [0.15, 0.2) is 11.5 Å². The van der Waals surface area contributed by atoms with Crippen LogP contribution in [0.2, 0.25) is 5.02 Å². The molecule has 7 heteroatoms. The molecule has 0 saturated heterocycles. The summed E-state index contributed by atoms with van der Waals surface area (Å²) in [6, 6.07) is 10.7. The van der Waals surface area contributed by atoms with Crippen LogP contribution in [0.3, 0.4) is 0 Å². The maximum atomic E-state index is 12.4. The van der Waals surface area contributed by atoms with E-state index >= 15 is 0 Å². The number of nitrogens with one attached hydrogen (secondary N) is 1. The first kappa shape index (κ1) is 16.3. The Balaban J connectivity index is 1.78. The molecule has 0 aliphatic rings. The van der Waals surface area contributed by atoms with Crippen LogP contribution in [0, 0.1) is 0 Å². The van der Waals surface area contributed by atoms with E-state index in [1.165, 1.54) is 0 Å². The lowest BCUT2D eigenvalue weighted by Gasteiger charge is -2.13. The minimum absolute atomic E-state index is 0.189. The van der Waals surface area contributed by atoms with Gasteiger partial charge in [0.25, 0.3) is 5.91 Å². The fourth-order valence-corrected chi connectivity index (χ4v) is 2.47. The Kier molecular flexibility index (Phi) is 4.66. The Labute approximate surface area is 144 Å². The molecular formula is C17H17ClN4O2. The maximum absolute atomic E-state index is 12.4. The van der Waals surface area contributed by atoms with Crippen LogP contribution in [-0.4, -0.2) is 20.8 Å². The van der Waals surface area contributed by atoms with Gasteiger partial charge in [0.05, 0.1) is 12.2 Å². The van der Waals surface area contributed by atoms with Crippen LogP contribution in [0.5, 0.6) is 0 Å². The molecule has 0 spiro atoms. The van der Waals surface area contributed by atoms with Gasteiger partial charge in [-0.1, -0.05) is 35.8 Å². The summed E-state index contributed by atoms with van der Waals surface area (Å²) in [5.41, 5.74) is 0.959. The van der Waals surface area contributed by atoms with Crippen molar-refractivity contribution in [3.05, 3.63) is 53.3 Å². The van der Waals surface area contributed by atoms with E-state index in [1.807, 2.05) is 19.1 Å². The van der Waals surface area contributed by atoms with Crippen LogP contribution in [0.1, 0.15) is 36.8 Å². The monoisotopic (exact) mass is 344 g/mol. The Morgan fingerprint density at radius 1 is 1.38 bits per heavy atom. The van der Waals surface area contributed by atoms with Crippen molar-refractivity contribution in [3.8, 4) is 11.3 Å². The molecule has 0 saturated carbocycles. The van der Waals surface area contributed by atoms with Crippen molar-refractivity contribution in [2.75, 3.05) is 5.32 Å². The lowest BCUT2D eigenvalue weighted by molar-refractivity contribution is 0.101. The van der Waals surface area contributed by atoms with E-state index < -0.39 is 0 Å². The molecule has 0 aliphatic carbocycles. The summed E-state index contributed by atoms with van der Waals surface area (Å²) in [6.07, 6.45) is 2.56. The van der Waals surface area contributed by atoms with Gasteiger partial charge in [-0.05, 0) is 25.5 Å². The van der Waals surface area contributed by atoms with E-state index in [2.05, 4.69) is 22.5 Å². The molecule has 1 atom stereocenters. The number of nitrogens with zero attached hydrogens (tertiary/aromatic N) is 3. The lowest BCUT2D eigenvalue weighted by Crippen LogP contribution is -2.17. The number of anilines is 1. The zero-order valence-electron chi connectivity index (χ0n) is 13.4. The molecule has 1 N–H and O–H groups in total. The first-order chi connectivity index (χ1) is 11.6. The highest BCUT2D eigenvalue weighted by Crippen LogP contribution is 2.24. The summed E-state index contributed by atoms with van der Waals surface area (Å²) in [5.74, 6) is 0.761. The predicted molar refractivity (Wildman–Crippen MR) is 92.1 cm³/mol. The maximum Gasteiger partial charge on any atom is 0.279 e. The molecular weight excluding hydrogens is 328 g/mol. The van der Waals surface area contributed by atoms with Gasteiger partial charge in [-0.2, -0.15) is 5.10 Å². The molecule has 1 aromatic carbocycles. The number of benzene rings is 1. The minimum Gasteiger partial charge on any atom is -0.355 e. The molecule has 6 nitrogen and oxygen atoms in total. The number of halogens is 1. The number of aromatic nitrogens is 3. The smallest absolute Gasteiger partial charge is 0.279 e. The molecule has 0 fully saturated rings. The first-order valence-electron chi connectivity index (χ1n) is 7.66. The molecule has 24 heavy (non-hydrogen) atoms. The molecule has 2 aromatic heterocycles. The molecule has 3 aromatic rings. The Morgan fingerprint density at radius 3 is 2.96 bits per heavy atom. The summed E-state index contributed by atoms with van der Waals surface area (Å²) in [4.78, 5) is 12.4. The van der Waals surface area contributed by atoms with Crippen LogP contribution < -0.4 is 5.32 Å². The average Bonchev–Trinajstić information content (AvgIpc) is 3.23. The zero-order valence-corrected chi connectivity index (χ0v) is 14.1. The van der Waals surface area contributed by atoms with E-state index in [9.17, 15) is 4.79 Å². The van der Waals surface area contributed by atoms with Gasteiger partial charge in [-0.15, -0.1) is 0 Å². The topological polar surface area (TPSA) is 73.0 Å². The summed E-state index contributed by atoms with van der Waals surface area (Å²) < 4.78 is 7.03. The largest absolute Gasteiger partial charge is 0.355 e. The number of rotatable bonds is 5. The minimum atomic E-state index is -0.350. The van der Waals surface area contributed by atoms with Gasteiger partial charge >= 0.3 is 0 Å². The van der Waals surface area contributed by atoms with Gasteiger partial charge in [-0.3, -0.25) is 4.79 Å². The van der Waals surface area contributed by atoms with Gasteiger partial charge in [0, 0.05) is 22.7 Å². The summed E-state index contributed by atoms with van der Waals surface area (Å²) >= 11 is 5.97. The molecule has 124 valence electrons. The van der Waals surface area contributed by atoms with E-state index in [-0.39, 0.29) is 17.6 Å². The van der Waals surface area contributed by atoms with Crippen molar-refractivity contribution in [1.82, 2.24) is 14.9 Å². The van der Waals surface area contributed by atoms with E-state index in [0.29, 0.717) is 16.6 Å². The fraction of sp³-hybridized carbons (Fsp3) is 0.235. The van der Waals surface area contributed by atoms with Gasteiger partial charge in [0.2, 0.25) is 0 Å². The van der Waals surface area contributed by atoms with Crippen LogP contribution in [0.4, 0.5) is 5.82 Å². The number of amides is 1. The highest BCUT2D eigenvalue weighted by Gasteiger charge is 2.17. The normalized spacial score (nSPS) is 12.1. The van der Waals surface area contributed by atoms with E-state index in [0.717, 1.165) is 12.0 Å². The lowest BCUT2D eigenvalue weighted by atomic mass is 10.1. The molecule has 2 heterocycles. The Hall–Kier alpha value is -2.60. The molecule has 0 aliphatic heterocycles. The third-order valence-electron chi connectivity index (χ3n) is 3.77. The van der Waals surface area contributed by atoms with E-state index in [4.69, 9.17) is 16.1 Å². The van der Waals surface area contributed by atoms with Crippen molar-refractivity contribution < 1.29 is 9.32 Å². The highest BCUT2D eigenvalue weighted by atomic mass is 35.5. The SMILES string of the molecule is CC[C@H](C)n1nccc1NC(=O)c1cc(-c2cccc(Cl)c2)on1. The highest BCUT2D eigenvalue weighted by molar-refractivity contribution is 6.30. The second-order valence-electron chi connectivity index (χ2n) is 5.46. The van der Waals surface area contributed by atoms with Crippen LogP contribution in [0.15, 0.2) is 47.1 Å². The van der Waals surface area contributed by atoms with Crippen molar-refractivity contribution in [2.24, 2.45) is 0 Å². The summed E-state index contributed by atoms with van der Waals surface area (Å²) in [7, 11) is 0. The third-order valence-corrected chi connectivity index (χ3v) is 4.01. The van der Waals surface area contributed by atoms with E-state index in [1.54, 1.807) is 35.1 Å². The number of hydrogen-bond donors (Lipinski definition) is 1. The second kappa shape index (κ2) is 6.88. The van der Waals surface area contributed by atoms with Crippen LogP contribution in [0.25, 0.3) is 11.3 Å². The second-order valence-corrected chi connectivity index (χ2v) is 5.90. The third kappa shape index (κ3) is 3.33. The molecule has 1 amide bonds. The molecule has 0 unspecified atom stereocenters. The average molecular weight is 345 g/mol. The van der Waals surface area contributed by atoms with Crippen LogP contribution in [-0.2, 0) is 0 Å². The molecule has 3 rings (SSSR count). The Bertz CT molecular complexity index is 856. The van der Waals surface area contributed by atoms with Crippen molar-refractivity contribution in [2.45, 2.75) is 26.3 Å². The summed E-state index contributed by atoms with van der Waals surface area (Å²) in [6.45, 7) is 4.10. The quantitative estimate of drug-likeness (QED) is 0.743. The molecule has 0 bridgehead atoms. The fourth-order valence-electron chi connectivity index (χ4n) is 2.28. The number of carbonyl (C=O) groups is 1. The van der Waals surface area contributed by atoms with Crippen molar-refractivity contribution in [1.29, 1.82) is 0 Å². The zero-order chi connectivity index (χ0) is 17.1. The van der Waals surface area contributed by atoms with Crippen LogP contribution >= 0.6 is 11.6 Å². The number of carbonyl (C=O) groups excluding carboxylic acids is 1. The summed E-state index contributed by atoms with van der Waals surface area (Å²) in [5, 5.41) is 11.5. The predicted octanol–water partition coefficient (Wildman–Crippen LogP) is 4.41. The molecule has 0 radical (unpaired) electrons. The Morgan fingerprint density at radius 2 is 2.21 bits per heavy atom. The standard InChI is InChI=1S/C17H17ClN4O2/c1-3-11(2)22-16(7-8-19-22)20-17(23)14-10-15(24-21-14)12-5-4-6-13(18)9-12/h4-11H,3H2,1-2H3,(H,20,23)/t11-/m0/s1. The number of hydrogen-bond acceptors (Lipinski definition) is 4. The van der Waals surface area contributed by atoms with Gasteiger partial charge in [-0.25, -0.2) is 4.68 Å². The van der Waals surface area contributed by atoms with Gasteiger partial charge < -0.3 is 9.84 Å². The van der Waals surface area contributed by atoms with Crippen molar-refractivity contribution in [3.63, 3.8) is 0 Å². The van der Waals surface area contributed by atoms with Crippen molar-refractivity contribution >= 4 is 23.3 Å².